The van der Waals surface area contributed by atoms with Crippen LogP contribution in [0.2, 0.25) is 0 Å². The number of hydrogen-bond donors (Lipinski definition) is 3. The van der Waals surface area contributed by atoms with E-state index in [1.54, 1.807) is 43.5 Å². The van der Waals surface area contributed by atoms with Gasteiger partial charge >= 0.3 is 0 Å². The molecule has 3 rings (SSSR count). The molecule has 0 aliphatic carbocycles. The van der Waals surface area contributed by atoms with Gasteiger partial charge in [0, 0.05) is 17.1 Å². The lowest BCUT2D eigenvalue weighted by molar-refractivity contribution is 0.415. The Balaban J connectivity index is 1.57. The average molecular weight is 470 g/mol. The normalized spacial score (nSPS) is 10.9. The van der Waals surface area contributed by atoms with Crippen LogP contribution in [0.4, 0.5) is 17.1 Å². The van der Waals surface area contributed by atoms with Crippen molar-refractivity contribution in [2.75, 3.05) is 22.5 Å². The molecule has 0 aromatic heterocycles. The lowest BCUT2D eigenvalue weighted by atomic mass is 10.1. The monoisotopic (exact) mass is 469 g/mol. The van der Waals surface area contributed by atoms with E-state index >= 15 is 0 Å². The molecular weight excluding hydrogens is 442 g/mol. The summed E-state index contributed by atoms with van der Waals surface area (Å²) < 4.78 is 32.9. The van der Waals surface area contributed by atoms with E-state index < -0.39 is 10.0 Å². The lowest BCUT2D eigenvalue weighted by Gasteiger charge is -2.12. The summed E-state index contributed by atoms with van der Waals surface area (Å²) in [5, 5.41) is 6.64. The van der Waals surface area contributed by atoms with Crippen LogP contribution in [-0.4, -0.2) is 20.6 Å². The van der Waals surface area contributed by atoms with E-state index in [0.717, 1.165) is 12.1 Å². The van der Waals surface area contributed by atoms with Gasteiger partial charge in [0.2, 0.25) is 0 Å². The Morgan fingerprint density at radius 3 is 1.91 bits per heavy atom. The Morgan fingerprint density at radius 2 is 1.38 bits per heavy atom. The van der Waals surface area contributed by atoms with Crippen molar-refractivity contribution in [2.45, 2.75) is 31.1 Å². The van der Waals surface area contributed by atoms with Crippen LogP contribution in [0.1, 0.15) is 25.3 Å². The fraction of sp³-hybridized carbons (Fsp3) is 0.208. The quantitative estimate of drug-likeness (QED) is 0.352. The molecule has 3 N–H and O–H groups in total. The second-order valence-electron chi connectivity index (χ2n) is 7.24. The van der Waals surface area contributed by atoms with Crippen molar-refractivity contribution in [3.63, 3.8) is 0 Å². The minimum Gasteiger partial charge on any atom is -0.497 e. The number of hydrogen-bond acceptors (Lipinski definition) is 4. The van der Waals surface area contributed by atoms with Crippen molar-refractivity contribution in [3.05, 3.63) is 78.4 Å². The summed E-state index contributed by atoms with van der Waals surface area (Å²) in [5.74, 6) is 0.653. The maximum absolute atomic E-state index is 12.6. The Kier molecular flexibility index (Phi) is 8.08. The van der Waals surface area contributed by atoms with Crippen LogP contribution < -0.4 is 20.1 Å². The Bertz CT molecular complexity index is 1130. The predicted octanol–water partition coefficient (Wildman–Crippen LogP) is 5.65. The highest BCUT2D eigenvalue weighted by Gasteiger charge is 2.14. The topological polar surface area (TPSA) is 79.5 Å². The molecule has 0 aliphatic heterocycles. The van der Waals surface area contributed by atoms with Crippen molar-refractivity contribution in [3.8, 4) is 5.75 Å². The fourth-order valence-corrected chi connectivity index (χ4v) is 4.31. The molecule has 3 aromatic carbocycles. The summed E-state index contributed by atoms with van der Waals surface area (Å²) in [6.07, 6.45) is 3.42. The Labute approximate surface area is 195 Å². The second kappa shape index (κ2) is 11.0. The molecular formula is C24H27N3O3S2. The zero-order chi connectivity index (χ0) is 23.0. The van der Waals surface area contributed by atoms with E-state index in [0.29, 0.717) is 22.2 Å². The molecule has 0 aliphatic rings. The summed E-state index contributed by atoms with van der Waals surface area (Å²) in [5.41, 5.74) is 3.34. The molecule has 0 radical (unpaired) electrons. The van der Waals surface area contributed by atoms with Crippen molar-refractivity contribution < 1.29 is 13.2 Å². The van der Waals surface area contributed by atoms with Gasteiger partial charge in [-0.3, -0.25) is 4.72 Å². The molecule has 8 heteroatoms. The number of benzene rings is 3. The average Bonchev–Trinajstić information content (AvgIpc) is 2.79. The first kappa shape index (κ1) is 23.6. The molecule has 0 spiro atoms. The number of nitrogens with one attached hydrogen (secondary N) is 3. The molecule has 0 fully saturated rings. The first-order chi connectivity index (χ1) is 15.4. The smallest absolute Gasteiger partial charge is 0.261 e. The van der Waals surface area contributed by atoms with Crippen molar-refractivity contribution in [1.29, 1.82) is 0 Å². The molecule has 0 saturated heterocycles. The highest BCUT2D eigenvalue weighted by Crippen LogP contribution is 2.21. The summed E-state index contributed by atoms with van der Waals surface area (Å²) in [4.78, 5) is 0.153. The Morgan fingerprint density at radius 1 is 0.844 bits per heavy atom. The standard InChI is InChI=1S/C24H27N3O3S2/c1-3-4-5-18-6-8-19(9-7-18)25-24(31)26-20-12-16-23(17-13-20)32(28,29)27-21-10-14-22(30-2)15-11-21/h6-17,27H,3-5H2,1-2H3,(H2,25,26,31). The molecule has 32 heavy (non-hydrogen) atoms. The summed E-state index contributed by atoms with van der Waals surface area (Å²) in [6.45, 7) is 2.18. The van der Waals surface area contributed by atoms with Crippen LogP contribution in [0.5, 0.6) is 5.75 Å². The Hall–Kier alpha value is -3.10. The lowest BCUT2D eigenvalue weighted by Crippen LogP contribution is -2.19. The van der Waals surface area contributed by atoms with Gasteiger partial charge in [-0.05, 0) is 91.3 Å². The zero-order valence-electron chi connectivity index (χ0n) is 18.1. The molecule has 6 nitrogen and oxygen atoms in total. The van der Waals surface area contributed by atoms with Crippen LogP contribution in [-0.2, 0) is 16.4 Å². The third kappa shape index (κ3) is 6.70. The van der Waals surface area contributed by atoms with Crippen LogP contribution in [0, 0.1) is 0 Å². The van der Waals surface area contributed by atoms with E-state index in [1.165, 1.54) is 30.5 Å². The van der Waals surface area contributed by atoms with Crippen molar-refractivity contribution in [1.82, 2.24) is 0 Å². The van der Waals surface area contributed by atoms with Gasteiger partial charge in [0.25, 0.3) is 10.0 Å². The molecule has 3 aromatic rings. The van der Waals surface area contributed by atoms with Crippen LogP contribution >= 0.6 is 12.2 Å². The molecule has 0 saturated carbocycles. The van der Waals surface area contributed by atoms with Gasteiger partial charge in [-0.15, -0.1) is 0 Å². The van der Waals surface area contributed by atoms with Crippen molar-refractivity contribution in [2.24, 2.45) is 0 Å². The van der Waals surface area contributed by atoms with Gasteiger partial charge in [0.15, 0.2) is 5.11 Å². The van der Waals surface area contributed by atoms with E-state index in [4.69, 9.17) is 17.0 Å². The molecule has 0 heterocycles. The number of anilines is 3. The minimum absolute atomic E-state index is 0.153. The van der Waals surface area contributed by atoms with E-state index in [9.17, 15) is 8.42 Å². The number of sulfonamides is 1. The summed E-state index contributed by atoms with van der Waals surface area (Å²) >= 11 is 5.37. The van der Waals surface area contributed by atoms with E-state index in [2.05, 4.69) is 34.4 Å². The molecule has 0 bridgehead atoms. The maximum Gasteiger partial charge on any atom is 0.261 e. The van der Waals surface area contributed by atoms with Gasteiger partial charge < -0.3 is 15.4 Å². The predicted molar refractivity (Wildman–Crippen MR) is 135 cm³/mol. The first-order valence-corrected chi connectivity index (χ1v) is 12.2. The minimum atomic E-state index is -3.70. The number of methoxy groups -OCH3 is 1. The number of unbranched alkanes of at least 4 members (excludes halogenated alkanes) is 1. The van der Waals surface area contributed by atoms with Gasteiger partial charge in [0.1, 0.15) is 5.75 Å². The molecule has 0 atom stereocenters. The SMILES string of the molecule is CCCCc1ccc(NC(=S)Nc2ccc(S(=O)(=O)Nc3ccc(OC)cc3)cc2)cc1. The molecule has 0 amide bonds. The molecule has 0 unspecified atom stereocenters. The zero-order valence-corrected chi connectivity index (χ0v) is 19.7. The number of ether oxygens (including phenoxy) is 1. The highest BCUT2D eigenvalue weighted by atomic mass is 32.2. The van der Waals surface area contributed by atoms with Gasteiger partial charge in [-0.2, -0.15) is 0 Å². The van der Waals surface area contributed by atoms with E-state index in [1.807, 2.05) is 12.1 Å². The number of thiocarbonyl (C=S) groups is 1. The van der Waals surface area contributed by atoms with Gasteiger partial charge in [-0.1, -0.05) is 25.5 Å². The van der Waals surface area contributed by atoms with Crippen LogP contribution in [0.3, 0.4) is 0 Å². The number of rotatable bonds is 9. The van der Waals surface area contributed by atoms with Crippen LogP contribution in [0.25, 0.3) is 0 Å². The highest BCUT2D eigenvalue weighted by molar-refractivity contribution is 7.92. The summed E-state index contributed by atoms with van der Waals surface area (Å²) in [7, 11) is -2.15. The van der Waals surface area contributed by atoms with Gasteiger partial charge in [0.05, 0.1) is 12.0 Å². The maximum atomic E-state index is 12.6. The second-order valence-corrected chi connectivity index (χ2v) is 9.33. The van der Waals surface area contributed by atoms with E-state index in [-0.39, 0.29) is 4.90 Å². The van der Waals surface area contributed by atoms with Gasteiger partial charge in [-0.25, -0.2) is 8.42 Å². The van der Waals surface area contributed by atoms with Crippen molar-refractivity contribution >= 4 is 44.4 Å². The fourth-order valence-electron chi connectivity index (χ4n) is 3.02. The largest absolute Gasteiger partial charge is 0.497 e. The number of aryl methyl sites for hydroxylation is 1. The summed E-state index contributed by atoms with van der Waals surface area (Å²) in [6, 6.07) is 21.3. The van der Waals surface area contributed by atoms with Crippen LogP contribution in [0.15, 0.2) is 77.7 Å². The third-order valence-corrected chi connectivity index (χ3v) is 6.40. The third-order valence-electron chi connectivity index (χ3n) is 4.80. The molecule has 168 valence electrons. The first-order valence-electron chi connectivity index (χ1n) is 10.3.